The summed E-state index contributed by atoms with van der Waals surface area (Å²) in [6, 6.07) is 7.38. The van der Waals surface area contributed by atoms with Gasteiger partial charge in [0.25, 0.3) is 0 Å². The first kappa shape index (κ1) is 11.6. The molecule has 0 fully saturated rings. The number of hydrogen-bond acceptors (Lipinski definition) is 2. The molecular weight excluding hydrogens is 250 g/mol. The number of allylic oxidation sites excluding steroid dienone is 1. The van der Waals surface area contributed by atoms with Crippen LogP contribution in [0.4, 0.5) is 0 Å². The summed E-state index contributed by atoms with van der Waals surface area (Å²) < 4.78 is 0. The number of hydrogen-bond donors (Lipinski definition) is 2. The lowest BCUT2D eigenvalue weighted by molar-refractivity contribution is -0.139. The summed E-state index contributed by atoms with van der Waals surface area (Å²) in [4.78, 5) is 11.0. The highest BCUT2D eigenvalue weighted by molar-refractivity contribution is 6.30. The van der Waals surface area contributed by atoms with Crippen molar-refractivity contribution >= 4 is 17.6 Å². The third kappa shape index (κ3) is 1.89. The van der Waals surface area contributed by atoms with Gasteiger partial charge in [-0.2, -0.15) is 0 Å². The standard InChI is InChI=1S/C14H14ClNO2/c15-10-3-1-2-8(6-10)11-5-4-9-7-12(14(17)18)16-13(9)11/h1-3,6,11-12,16H,4-5,7H2,(H,17,18). The lowest BCUT2D eigenvalue weighted by Crippen LogP contribution is -2.32. The third-order valence-electron chi connectivity index (χ3n) is 3.79. The van der Waals surface area contributed by atoms with E-state index in [-0.39, 0.29) is 5.92 Å². The Morgan fingerprint density at radius 1 is 1.44 bits per heavy atom. The average molecular weight is 264 g/mol. The van der Waals surface area contributed by atoms with E-state index in [9.17, 15) is 4.79 Å². The maximum atomic E-state index is 11.0. The molecule has 0 amide bonds. The number of nitrogens with one attached hydrogen (secondary N) is 1. The van der Waals surface area contributed by atoms with E-state index >= 15 is 0 Å². The fourth-order valence-corrected chi connectivity index (χ4v) is 3.15. The molecule has 1 aliphatic heterocycles. The van der Waals surface area contributed by atoms with Crippen LogP contribution in [0.1, 0.15) is 30.7 Å². The molecule has 3 rings (SSSR count). The molecule has 0 bridgehead atoms. The molecule has 94 valence electrons. The fraction of sp³-hybridized carbons (Fsp3) is 0.357. The van der Waals surface area contributed by atoms with Crippen molar-refractivity contribution in [3.63, 3.8) is 0 Å². The lowest BCUT2D eigenvalue weighted by Gasteiger charge is -2.18. The van der Waals surface area contributed by atoms with Gasteiger partial charge in [-0.3, -0.25) is 0 Å². The van der Waals surface area contributed by atoms with Crippen molar-refractivity contribution in [1.29, 1.82) is 0 Å². The van der Waals surface area contributed by atoms with Gasteiger partial charge >= 0.3 is 5.97 Å². The van der Waals surface area contributed by atoms with Crippen molar-refractivity contribution in [3.8, 4) is 0 Å². The van der Waals surface area contributed by atoms with E-state index in [0.717, 1.165) is 23.6 Å². The minimum absolute atomic E-state index is 0.281. The summed E-state index contributed by atoms with van der Waals surface area (Å²) in [6.07, 6.45) is 2.68. The van der Waals surface area contributed by atoms with Crippen molar-refractivity contribution in [2.45, 2.75) is 31.2 Å². The molecule has 2 N–H and O–H groups in total. The SMILES string of the molecule is O=C(O)C1CC2=C(N1)C(c1cccc(Cl)c1)CC2. The summed E-state index contributed by atoms with van der Waals surface area (Å²) in [7, 11) is 0. The van der Waals surface area contributed by atoms with Crippen LogP contribution in [0.5, 0.6) is 0 Å². The van der Waals surface area contributed by atoms with E-state index in [1.165, 1.54) is 11.1 Å². The van der Waals surface area contributed by atoms with Crippen LogP contribution in [0.3, 0.4) is 0 Å². The van der Waals surface area contributed by atoms with Gasteiger partial charge in [0, 0.05) is 23.1 Å². The minimum Gasteiger partial charge on any atom is -0.480 e. The molecule has 0 aromatic heterocycles. The zero-order valence-electron chi connectivity index (χ0n) is 9.82. The lowest BCUT2D eigenvalue weighted by atomic mass is 9.96. The second-order valence-electron chi connectivity index (χ2n) is 4.90. The molecule has 2 atom stereocenters. The summed E-state index contributed by atoms with van der Waals surface area (Å²) in [5.41, 5.74) is 3.56. The van der Waals surface area contributed by atoms with E-state index in [2.05, 4.69) is 11.4 Å². The Morgan fingerprint density at radius 3 is 3.00 bits per heavy atom. The zero-order valence-corrected chi connectivity index (χ0v) is 10.6. The summed E-state index contributed by atoms with van der Waals surface area (Å²) in [5, 5.41) is 12.9. The fourth-order valence-electron chi connectivity index (χ4n) is 2.95. The number of aliphatic carboxylic acids is 1. The Kier molecular flexibility index (Phi) is 2.78. The number of carbonyl (C=O) groups is 1. The molecule has 1 aromatic carbocycles. The van der Waals surface area contributed by atoms with Crippen LogP contribution in [0.2, 0.25) is 5.02 Å². The van der Waals surface area contributed by atoms with Crippen molar-refractivity contribution in [1.82, 2.24) is 5.32 Å². The second-order valence-corrected chi connectivity index (χ2v) is 5.34. The zero-order chi connectivity index (χ0) is 12.7. The van der Waals surface area contributed by atoms with Crippen molar-refractivity contribution in [2.24, 2.45) is 0 Å². The Morgan fingerprint density at radius 2 is 2.28 bits per heavy atom. The van der Waals surface area contributed by atoms with Crippen LogP contribution >= 0.6 is 11.6 Å². The van der Waals surface area contributed by atoms with E-state index in [1.807, 2.05) is 18.2 Å². The molecule has 0 saturated carbocycles. The van der Waals surface area contributed by atoms with Crippen molar-refractivity contribution in [3.05, 3.63) is 46.1 Å². The molecule has 1 aliphatic carbocycles. The highest BCUT2D eigenvalue weighted by Gasteiger charge is 2.36. The highest BCUT2D eigenvalue weighted by atomic mass is 35.5. The normalized spacial score (nSPS) is 26.1. The van der Waals surface area contributed by atoms with Crippen LogP contribution in [-0.2, 0) is 4.79 Å². The van der Waals surface area contributed by atoms with E-state index < -0.39 is 12.0 Å². The first-order chi connectivity index (χ1) is 8.65. The Labute approximate surface area is 110 Å². The molecule has 2 aliphatic rings. The molecule has 1 heterocycles. The number of halogens is 1. The van der Waals surface area contributed by atoms with E-state index in [0.29, 0.717) is 6.42 Å². The first-order valence-corrected chi connectivity index (χ1v) is 6.49. The molecule has 0 saturated heterocycles. The molecule has 3 nitrogen and oxygen atoms in total. The van der Waals surface area contributed by atoms with Crippen LogP contribution in [0.25, 0.3) is 0 Å². The Bertz CT molecular complexity index is 538. The molecule has 0 radical (unpaired) electrons. The summed E-state index contributed by atoms with van der Waals surface area (Å²) in [6.45, 7) is 0. The monoisotopic (exact) mass is 263 g/mol. The predicted octanol–water partition coefficient (Wildman–Crippen LogP) is 2.92. The second kappa shape index (κ2) is 4.32. The number of carboxylic acid groups (broad SMARTS) is 1. The molecule has 1 aromatic rings. The third-order valence-corrected chi connectivity index (χ3v) is 4.03. The minimum atomic E-state index is -0.769. The Hall–Kier alpha value is -1.48. The van der Waals surface area contributed by atoms with Gasteiger partial charge in [-0.25, -0.2) is 4.79 Å². The van der Waals surface area contributed by atoms with Crippen LogP contribution in [-0.4, -0.2) is 17.1 Å². The van der Waals surface area contributed by atoms with Crippen LogP contribution < -0.4 is 5.32 Å². The van der Waals surface area contributed by atoms with Crippen LogP contribution in [0, 0.1) is 0 Å². The van der Waals surface area contributed by atoms with Gasteiger partial charge < -0.3 is 10.4 Å². The highest BCUT2D eigenvalue weighted by Crippen LogP contribution is 2.43. The van der Waals surface area contributed by atoms with Crippen LogP contribution in [0.15, 0.2) is 35.5 Å². The molecule has 0 spiro atoms. The van der Waals surface area contributed by atoms with Gasteiger partial charge in [-0.05, 0) is 36.1 Å². The van der Waals surface area contributed by atoms with E-state index in [4.69, 9.17) is 16.7 Å². The van der Waals surface area contributed by atoms with Gasteiger partial charge in [-0.15, -0.1) is 0 Å². The average Bonchev–Trinajstić information content (AvgIpc) is 2.87. The Balaban J connectivity index is 1.86. The smallest absolute Gasteiger partial charge is 0.326 e. The van der Waals surface area contributed by atoms with Gasteiger partial charge in [0.15, 0.2) is 0 Å². The quantitative estimate of drug-likeness (QED) is 0.863. The largest absolute Gasteiger partial charge is 0.480 e. The van der Waals surface area contributed by atoms with Gasteiger partial charge in [0.05, 0.1) is 0 Å². The van der Waals surface area contributed by atoms with Gasteiger partial charge in [0.2, 0.25) is 0 Å². The maximum Gasteiger partial charge on any atom is 0.326 e. The van der Waals surface area contributed by atoms with Crippen molar-refractivity contribution in [2.75, 3.05) is 0 Å². The summed E-state index contributed by atoms with van der Waals surface area (Å²) in [5.74, 6) is -0.489. The topological polar surface area (TPSA) is 49.3 Å². The molecular formula is C14H14ClNO2. The predicted molar refractivity (Wildman–Crippen MR) is 69.6 cm³/mol. The molecule has 18 heavy (non-hydrogen) atoms. The first-order valence-electron chi connectivity index (χ1n) is 6.12. The van der Waals surface area contributed by atoms with Gasteiger partial charge in [-0.1, -0.05) is 23.7 Å². The summed E-state index contributed by atoms with van der Waals surface area (Å²) >= 11 is 6.01. The van der Waals surface area contributed by atoms with E-state index in [1.54, 1.807) is 0 Å². The van der Waals surface area contributed by atoms with Crippen molar-refractivity contribution < 1.29 is 9.90 Å². The molecule has 4 heteroatoms. The number of carboxylic acids is 1. The molecule has 2 unspecified atom stereocenters. The van der Waals surface area contributed by atoms with Gasteiger partial charge in [0.1, 0.15) is 6.04 Å². The maximum absolute atomic E-state index is 11.0. The number of rotatable bonds is 2. The number of benzene rings is 1.